The minimum atomic E-state index is -0.218. The third kappa shape index (κ3) is 3.19. The van der Waals surface area contributed by atoms with Crippen molar-refractivity contribution in [1.29, 1.82) is 0 Å². The Morgan fingerprint density at radius 1 is 1.21 bits per heavy atom. The zero-order valence-corrected chi connectivity index (χ0v) is 11.1. The lowest BCUT2D eigenvalue weighted by Gasteiger charge is -2.23. The Labute approximate surface area is 112 Å². The van der Waals surface area contributed by atoms with E-state index in [-0.39, 0.29) is 5.82 Å². The van der Waals surface area contributed by atoms with Gasteiger partial charge in [0.25, 0.3) is 0 Å². The molecule has 1 heterocycles. The summed E-state index contributed by atoms with van der Waals surface area (Å²) in [5.74, 6) is 0.502. The second kappa shape index (κ2) is 6.13. The van der Waals surface area contributed by atoms with Crippen molar-refractivity contribution in [2.45, 2.75) is 13.5 Å². The summed E-state index contributed by atoms with van der Waals surface area (Å²) < 4.78 is 13.8. The van der Waals surface area contributed by atoms with Gasteiger partial charge in [0.15, 0.2) is 0 Å². The molecule has 0 radical (unpaired) electrons. The summed E-state index contributed by atoms with van der Waals surface area (Å²) in [5, 5.41) is 2.92. The van der Waals surface area contributed by atoms with E-state index in [0.717, 1.165) is 11.5 Å². The van der Waals surface area contributed by atoms with Gasteiger partial charge in [0.1, 0.15) is 11.6 Å². The van der Waals surface area contributed by atoms with Gasteiger partial charge < -0.3 is 10.2 Å². The molecule has 0 spiro atoms. The topological polar surface area (TPSA) is 41.1 Å². The largest absolute Gasteiger partial charge is 0.372 e. The SMILES string of the molecule is CCN(Cc1cnc(NC)cn1)c1ccccc1F. The van der Waals surface area contributed by atoms with E-state index < -0.39 is 0 Å². The average molecular weight is 260 g/mol. The molecule has 0 aliphatic carbocycles. The van der Waals surface area contributed by atoms with Crippen molar-refractivity contribution in [3.05, 3.63) is 48.2 Å². The van der Waals surface area contributed by atoms with E-state index in [1.54, 1.807) is 31.6 Å². The van der Waals surface area contributed by atoms with Crippen LogP contribution in [0.3, 0.4) is 0 Å². The maximum Gasteiger partial charge on any atom is 0.146 e. The number of nitrogens with zero attached hydrogens (tertiary/aromatic N) is 3. The Balaban J connectivity index is 2.17. The van der Waals surface area contributed by atoms with Gasteiger partial charge in [-0.1, -0.05) is 12.1 Å². The van der Waals surface area contributed by atoms with Gasteiger partial charge in [-0.3, -0.25) is 4.98 Å². The summed E-state index contributed by atoms with van der Waals surface area (Å²) in [6, 6.07) is 6.76. The quantitative estimate of drug-likeness (QED) is 0.897. The molecule has 0 amide bonds. The van der Waals surface area contributed by atoms with Crippen LogP contribution in [0.4, 0.5) is 15.9 Å². The highest BCUT2D eigenvalue weighted by Gasteiger charge is 2.10. The second-order valence-electron chi connectivity index (χ2n) is 4.11. The Morgan fingerprint density at radius 3 is 2.58 bits per heavy atom. The summed E-state index contributed by atoms with van der Waals surface area (Å²) in [4.78, 5) is 10.4. The summed E-state index contributed by atoms with van der Waals surface area (Å²) in [5.41, 5.74) is 1.40. The lowest BCUT2D eigenvalue weighted by molar-refractivity contribution is 0.617. The molecule has 0 bridgehead atoms. The third-order valence-electron chi connectivity index (χ3n) is 2.89. The number of aromatic nitrogens is 2. The number of hydrogen-bond donors (Lipinski definition) is 1. The van der Waals surface area contributed by atoms with Gasteiger partial charge in [-0.25, -0.2) is 9.37 Å². The molecule has 5 heteroatoms. The van der Waals surface area contributed by atoms with Gasteiger partial charge in [-0.05, 0) is 19.1 Å². The number of benzene rings is 1. The molecule has 1 aromatic carbocycles. The first kappa shape index (κ1) is 13.3. The number of hydrogen-bond acceptors (Lipinski definition) is 4. The van der Waals surface area contributed by atoms with Gasteiger partial charge in [0.05, 0.1) is 30.3 Å². The van der Waals surface area contributed by atoms with Gasteiger partial charge in [0.2, 0.25) is 0 Å². The molecule has 0 aliphatic heterocycles. The Hall–Kier alpha value is -2.17. The first-order valence-corrected chi connectivity index (χ1v) is 6.22. The number of anilines is 2. The molecule has 1 aromatic heterocycles. The van der Waals surface area contributed by atoms with E-state index in [9.17, 15) is 4.39 Å². The zero-order valence-electron chi connectivity index (χ0n) is 11.1. The van der Waals surface area contributed by atoms with Crippen LogP contribution in [-0.4, -0.2) is 23.6 Å². The van der Waals surface area contributed by atoms with Gasteiger partial charge in [0, 0.05) is 13.6 Å². The fraction of sp³-hybridized carbons (Fsp3) is 0.286. The molecule has 100 valence electrons. The number of rotatable bonds is 5. The standard InChI is InChI=1S/C14H17FN4/c1-3-19(13-7-5-4-6-12(13)15)10-11-8-18-14(16-2)9-17-11/h4-9H,3,10H2,1-2H3,(H,16,18). The van der Waals surface area contributed by atoms with Crippen molar-refractivity contribution in [2.75, 3.05) is 23.8 Å². The first-order chi connectivity index (χ1) is 9.24. The maximum atomic E-state index is 13.8. The Morgan fingerprint density at radius 2 is 2.00 bits per heavy atom. The van der Waals surface area contributed by atoms with Crippen molar-refractivity contribution in [3.8, 4) is 0 Å². The van der Waals surface area contributed by atoms with Crippen molar-refractivity contribution in [1.82, 2.24) is 9.97 Å². The molecule has 2 rings (SSSR count). The van der Waals surface area contributed by atoms with Crippen LogP contribution in [0.15, 0.2) is 36.7 Å². The monoisotopic (exact) mass is 260 g/mol. The fourth-order valence-corrected chi connectivity index (χ4v) is 1.84. The summed E-state index contributed by atoms with van der Waals surface area (Å²) in [7, 11) is 1.79. The molecule has 4 nitrogen and oxygen atoms in total. The van der Waals surface area contributed by atoms with E-state index in [2.05, 4.69) is 15.3 Å². The maximum absolute atomic E-state index is 13.8. The number of nitrogens with one attached hydrogen (secondary N) is 1. The van der Waals surface area contributed by atoms with Crippen LogP contribution in [-0.2, 0) is 6.54 Å². The normalized spacial score (nSPS) is 10.3. The lowest BCUT2D eigenvalue weighted by atomic mass is 10.2. The smallest absolute Gasteiger partial charge is 0.146 e. The molecule has 0 unspecified atom stereocenters. The summed E-state index contributed by atoms with van der Waals surface area (Å²) in [6.45, 7) is 3.23. The van der Waals surface area contributed by atoms with Gasteiger partial charge >= 0.3 is 0 Å². The van der Waals surface area contributed by atoms with Crippen molar-refractivity contribution in [2.24, 2.45) is 0 Å². The van der Waals surface area contributed by atoms with Gasteiger partial charge in [-0.2, -0.15) is 0 Å². The van der Waals surface area contributed by atoms with Crippen molar-refractivity contribution < 1.29 is 4.39 Å². The van der Waals surface area contributed by atoms with E-state index >= 15 is 0 Å². The minimum absolute atomic E-state index is 0.218. The third-order valence-corrected chi connectivity index (χ3v) is 2.89. The van der Waals surface area contributed by atoms with Crippen LogP contribution in [0, 0.1) is 5.82 Å². The Bertz CT molecular complexity index is 527. The molecular weight excluding hydrogens is 243 g/mol. The van der Waals surface area contributed by atoms with Crippen LogP contribution in [0.5, 0.6) is 0 Å². The van der Waals surface area contributed by atoms with E-state index in [1.165, 1.54) is 6.07 Å². The van der Waals surface area contributed by atoms with Crippen LogP contribution < -0.4 is 10.2 Å². The second-order valence-corrected chi connectivity index (χ2v) is 4.11. The summed E-state index contributed by atoms with van der Waals surface area (Å²) >= 11 is 0. The fourth-order valence-electron chi connectivity index (χ4n) is 1.84. The molecule has 0 fully saturated rings. The highest BCUT2D eigenvalue weighted by molar-refractivity contribution is 5.47. The van der Waals surface area contributed by atoms with Crippen molar-refractivity contribution >= 4 is 11.5 Å². The molecule has 2 aromatic rings. The molecule has 1 N–H and O–H groups in total. The van der Waals surface area contributed by atoms with Crippen LogP contribution in [0.25, 0.3) is 0 Å². The summed E-state index contributed by atoms with van der Waals surface area (Å²) in [6.07, 6.45) is 3.37. The van der Waals surface area contributed by atoms with Crippen LogP contribution in [0.2, 0.25) is 0 Å². The molecular formula is C14H17FN4. The Kier molecular flexibility index (Phi) is 4.28. The van der Waals surface area contributed by atoms with E-state index in [1.807, 2.05) is 17.9 Å². The van der Waals surface area contributed by atoms with Crippen LogP contribution in [0.1, 0.15) is 12.6 Å². The number of para-hydroxylation sites is 1. The molecule has 0 atom stereocenters. The van der Waals surface area contributed by atoms with Crippen LogP contribution >= 0.6 is 0 Å². The number of halogens is 1. The first-order valence-electron chi connectivity index (χ1n) is 6.22. The van der Waals surface area contributed by atoms with Crippen molar-refractivity contribution in [3.63, 3.8) is 0 Å². The van der Waals surface area contributed by atoms with Gasteiger partial charge in [-0.15, -0.1) is 0 Å². The predicted octanol–water partition coefficient (Wildman–Crippen LogP) is 2.68. The highest BCUT2D eigenvalue weighted by atomic mass is 19.1. The lowest BCUT2D eigenvalue weighted by Crippen LogP contribution is -2.23. The molecule has 0 saturated heterocycles. The van der Waals surface area contributed by atoms with E-state index in [4.69, 9.17) is 0 Å². The predicted molar refractivity (Wildman–Crippen MR) is 74.7 cm³/mol. The zero-order chi connectivity index (χ0) is 13.7. The molecule has 0 aliphatic rings. The average Bonchev–Trinajstić information content (AvgIpc) is 2.46. The highest BCUT2D eigenvalue weighted by Crippen LogP contribution is 2.20. The molecule has 19 heavy (non-hydrogen) atoms. The van der Waals surface area contributed by atoms with E-state index in [0.29, 0.717) is 18.8 Å². The minimum Gasteiger partial charge on any atom is -0.372 e. The molecule has 0 saturated carbocycles.